The van der Waals surface area contributed by atoms with E-state index in [2.05, 4.69) is 17.6 Å². The van der Waals surface area contributed by atoms with Crippen LogP contribution in [0.2, 0.25) is 0 Å². The highest BCUT2D eigenvalue weighted by Gasteiger charge is 2.39. The Morgan fingerprint density at radius 2 is 2.38 bits per heavy atom. The van der Waals surface area contributed by atoms with Crippen molar-refractivity contribution in [3.05, 3.63) is 0 Å². The van der Waals surface area contributed by atoms with Crippen molar-refractivity contribution in [2.45, 2.75) is 56.7 Å². The molecule has 0 radical (unpaired) electrons. The van der Waals surface area contributed by atoms with Crippen molar-refractivity contribution in [3.8, 4) is 0 Å². The maximum absolute atomic E-state index is 5.58. The first-order valence-corrected chi connectivity index (χ1v) is 6.84. The van der Waals surface area contributed by atoms with Crippen LogP contribution in [0.5, 0.6) is 0 Å². The average molecular weight is 224 g/mol. The van der Waals surface area contributed by atoms with E-state index in [0.29, 0.717) is 0 Å². The smallest absolute Gasteiger partial charge is 0.0645 e. The standard InChI is InChI=1S/C13H24N2O/c1-13(5-2-6-16-9-13)14-8-10-7-11-3-4-12(10)15-11/h10-12,14-15H,2-9H2,1H3. The van der Waals surface area contributed by atoms with Gasteiger partial charge in [-0.2, -0.15) is 0 Å². The minimum Gasteiger partial charge on any atom is -0.380 e. The second kappa shape index (κ2) is 4.28. The normalized spacial score (nSPS) is 47.4. The summed E-state index contributed by atoms with van der Waals surface area (Å²) in [5.41, 5.74) is 0.236. The predicted molar refractivity (Wildman–Crippen MR) is 64.5 cm³/mol. The third-order valence-corrected chi connectivity index (χ3v) is 4.66. The molecule has 4 unspecified atom stereocenters. The highest BCUT2D eigenvalue weighted by Crippen LogP contribution is 2.33. The van der Waals surface area contributed by atoms with Gasteiger partial charge in [-0.05, 0) is 44.9 Å². The van der Waals surface area contributed by atoms with Crippen molar-refractivity contribution in [3.63, 3.8) is 0 Å². The molecule has 3 rings (SSSR count). The molecule has 2 N–H and O–H groups in total. The second-order valence-electron chi connectivity index (χ2n) is 6.14. The molecule has 3 fully saturated rings. The summed E-state index contributed by atoms with van der Waals surface area (Å²) >= 11 is 0. The Morgan fingerprint density at radius 1 is 1.44 bits per heavy atom. The minimum atomic E-state index is 0.236. The van der Waals surface area contributed by atoms with Gasteiger partial charge in [0, 0.05) is 30.8 Å². The number of hydrogen-bond donors (Lipinski definition) is 2. The van der Waals surface area contributed by atoms with E-state index in [9.17, 15) is 0 Å². The van der Waals surface area contributed by atoms with Gasteiger partial charge in [-0.3, -0.25) is 0 Å². The van der Waals surface area contributed by atoms with Gasteiger partial charge in [0.25, 0.3) is 0 Å². The summed E-state index contributed by atoms with van der Waals surface area (Å²) in [6.45, 7) is 5.33. The van der Waals surface area contributed by atoms with E-state index in [-0.39, 0.29) is 5.54 Å². The van der Waals surface area contributed by atoms with E-state index in [4.69, 9.17) is 4.74 Å². The maximum atomic E-state index is 5.58. The summed E-state index contributed by atoms with van der Waals surface area (Å²) < 4.78 is 5.58. The molecule has 0 aromatic heterocycles. The summed E-state index contributed by atoms with van der Waals surface area (Å²) in [4.78, 5) is 0. The fraction of sp³-hybridized carbons (Fsp3) is 1.00. The monoisotopic (exact) mass is 224 g/mol. The van der Waals surface area contributed by atoms with Crippen LogP contribution >= 0.6 is 0 Å². The highest BCUT2D eigenvalue weighted by atomic mass is 16.5. The average Bonchev–Trinajstić information content (AvgIpc) is 2.89. The molecular formula is C13H24N2O. The Balaban J connectivity index is 1.49. The molecule has 0 saturated carbocycles. The van der Waals surface area contributed by atoms with Gasteiger partial charge in [0.05, 0.1) is 6.61 Å². The number of ether oxygens (including phenoxy) is 1. The van der Waals surface area contributed by atoms with Gasteiger partial charge in [-0.15, -0.1) is 0 Å². The molecule has 92 valence electrons. The highest BCUT2D eigenvalue weighted by molar-refractivity contribution is 4.99. The third-order valence-electron chi connectivity index (χ3n) is 4.66. The molecule has 2 bridgehead atoms. The molecule has 3 nitrogen and oxygen atoms in total. The maximum Gasteiger partial charge on any atom is 0.0645 e. The van der Waals surface area contributed by atoms with E-state index in [1.807, 2.05) is 0 Å². The molecule has 0 aromatic carbocycles. The lowest BCUT2D eigenvalue weighted by molar-refractivity contribution is 0.0264. The summed E-state index contributed by atoms with van der Waals surface area (Å²) in [5, 5.41) is 7.47. The molecule has 16 heavy (non-hydrogen) atoms. The summed E-state index contributed by atoms with van der Waals surface area (Å²) in [7, 11) is 0. The van der Waals surface area contributed by atoms with Crippen LogP contribution in [0.3, 0.4) is 0 Å². The van der Waals surface area contributed by atoms with Crippen LogP contribution in [0.1, 0.15) is 39.0 Å². The van der Waals surface area contributed by atoms with Crippen molar-refractivity contribution in [1.82, 2.24) is 10.6 Å². The van der Waals surface area contributed by atoms with E-state index < -0.39 is 0 Å². The number of fused-ring (bicyclic) bond motifs is 2. The third kappa shape index (κ3) is 2.13. The van der Waals surface area contributed by atoms with Gasteiger partial charge in [-0.1, -0.05) is 0 Å². The first-order chi connectivity index (χ1) is 7.75. The zero-order valence-electron chi connectivity index (χ0n) is 10.3. The fourth-order valence-electron chi connectivity index (χ4n) is 3.61. The second-order valence-corrected chi connectivity index (χ2v) is 6.14. The minimum absolute atomic E-state index is 0.236. The molecule has 3 heterocycles. The van der Waals surface area contributed by atoms with E-state index in [0.717, 1.165) is 31.2 Å². The molecular weight excluding hydrogens is 200 g/mol. The zero-order valence-corrected chi connectivity index (χ0v) is 10.3. The van der Waals surface area contributed by atoms with Crippen molar-refractivity contribution in [1.29, 1.82) is 0 Å². The van der Waals surface area contributed by atoms with Crippen molar-refractivity contribution in [2.75, 3.05) is 19.8 Å². The summed E-state index contributed by atoms with van der Waals surface area (Å²) in [5.74, 6) is 0.859. The summed E-state index contributed by atoms with van der Waals surface area (Å²) in [6.07, 6.45) is 6.65. The SMILES string of the molecule is CC1(NCC2CC3CCC2N3)CCCOC1. The fourth-order valence-corrected chi connectivity index (χ4v) is 3.61. The molecule has 4 atom stereocenters. The van der Waals surface area contributed by atoms with Gasteiger partial charge < -0.3 is 15.4 Å². The van der Waals surface area contributed by atoms with Gasteiger partial charge in [-0.25, -0.2) is 0 Å². The van der Waals surface area contributed by atoms with E-state index in [1.165, 1.54) is 38.6 Å². The predicted octanol–water partition coefficient (Wildman–Crippen LogP) is 1.29. The molecule has 0 spiro atoms. The van der Waals surface area contributed by atoms with Gasteiger partial charge >= 0.3 is 0 Å². The first kappa shape index (κ1) is 11.0. The van der Waals surface area contributed by atoms with Gasteiger partial charge in [0.15, 0.2) is 0 Å². The van der Waals surface area contributed by atoms with Crippen LogP contribution in [0, 0.1) is 5.92 Å². The Kier molecular flexibility index (Phi) is 2.94. The van der Waals surface area contributed by atoms with Crippen LogP contribution in [0.25, 0.3) is 0 Å². The van der Waals surface area contributed by atoms with Gasteiger partial charge in [0.1, 0.15) is 0 Å². The van der Waals surface area contributed by atoms with E-state index >= 15 is 0 Å². The number of hydrogen-bond acceptors (Lipinski definition) is 3. The molecule has 3 aliphatic rings. The van der Waals surface area contributed by atoms with Crippen LogP contribution in [0.15, 0.2) is 0 Å². The van der Waals surface area contributed by atoms with Gasteiger partial charge in [0.2, 0.25) is 0 Å². The molecule has 3 heteroatoms. The quantitative estimate of drug-likeness (QED) is 0.758. The zero-order chi connectivity index (χ0) is 11.0. The number of nitrogens with one attached hydrogen (secondary N) is 2. The summed E-state index contributed by atoms with van der Waals surface area (Å²) in [6, 6.07) is 1.62. The lowest BCUT2D eigenvalue weighted by Gasteiger charge is -2.36. The molecule has 0 aliphatic carbocycles. The Morgan fingerprint density at radius 3 is 3.00 bits per heavy atom. The van der Waals surface area contributed by atoms with Crippen molar-refractivity contribution in [2.24, 2.45) is 5.92 Å². The lowest BCUT2D eigenvalue weighted by atomic mass is 9.87. The van der Waals surface area contributed by atoms with Crippen molar-refractivity contribution >= 4 is 0 Å². The van der Waals surface area contributed by atoms with Crippen LogP contribution in [-0.4, -0.2) is 37.4 Å². The lowest BCUT2D eigenvalue weighted by Crippen LogP contribution is -2.51. The van der Waals surface area contributed by atoms with Crippen LogP contribution < -0.4 is 10.6 Å². The molecule has 0 amide bonds. The topological polar surface area (TPSA) is 33.3 Å². The van der Waals surface area contributed by atoms with E-state index in [1.54, 1.807) is 0 Å². The number of rotatable bonds is 3. The molecule has 3 saturated heterocycles. The Bertz CT molecular complexity index is 250. The first-order valence-electron chi connectivity index (χ1n) is 6.84. The molecule has 3 aliphatic heterocycles. The molecule has 0 aromatic rings. The van der Waals surface area contributed by atoms with Crippen LogP contribution in [-0.2, 0) is 4.74 Å². The van der Waals surface area contributed by atoms with Crippen molar-refractivity contribution < 1.29 is 4.74 Å². The largest absolute Gasteiger partial charge is 0.380 e. The Labute approximate surface area is 98.3 Å². The Hall–Kier alpha value is -0.120. The van der Waals surface area contributed by atoms with Crippen LogP contribution in [0.4, 0.5) is 0 Å².